The van der Waals surface area contributed by atoms with Crippen LogP contribution >= 0.6 is 0 Å². The van der Waals surface area contributed by atoms with Gasteiger partial charge in [0.2, 0.25) is 0 Å². The van der Waals surface area contributed by atoms with Crippen LogP contribution in [0.25, 0.3) is 0 Å². The first-order valence-electron chi connectivity index (χ1n) is 8.66. The zero-order valence-electron chi connectivity index (χ0n) is 15.5. The summed E-state index contributed by atoms with van der Waals surface area (Å²) in [5, 5.41) is 0. The molecule has 2 heterocycles. The minimum Gasteiger partial charge on any atom is -0.267 e. The summed E-state index contributed by atoms with van der Waals surface area (Å²) in [4.78, 5) is 55.7. The molecule has 30 heavy (non-hydrogen) atoms. The predicted octanol–water partition coefficient (Wildman–Crippen LogP) is 0.626. The van der Waals surface area contributed by atoms with Crippen molar-refractivity contribution in [2.45, 2.75) is 0 Å². The van der Waals surface area contributed by atoms with Crippen molar-refractivity contribution in [3.05, 3.63) is 95.6 Å². The fourth-order valence-electron chi connectivity index (χ4n) is 2.30. The normalized spacial score (nSPS) is 9.87. The summed E-state index contributed by atoms with van der Waals surface area (Å²) in [6.45, 7) is 0. The van der Waals surface area contributed by atoms with Crippen molar-refractivity contribution in [1.82, 2.24) is 31.7 Å². The Hall–Kier alpha value is -4.60. The van der Waals surface area contributed by atoms with E-state index in [4.69, 9.17) is 0 Å². The highest BCUT2D eigenvalue weighted by Gasteiger charge is 2.12. The van der Waals surface area contributed by atoms with Gasteiger partial charge in [0, 0.05) is 47.0 Å². The Bertz CT molecular complexity index is 969. The van der Waals surface area contributed by atoms with Crippen LogP contribution in [0.4, 0.5) is 0 Å². The maximum Gasteiger partial charge on any atom is 0.269 e. The number of rotatable bonds is 4. The second kappa shape index (κ2) is 9.55. The summed E-state index contributed by atoms with van der Waals surface area (Å²) >= 11 is 0. The second-order valence-corrected chi connectivity index (χ2v) is 5.87. The van der Waals surface area contributed by atoms with Gasteiger partial charge in [-0.25, -0.2) is 0 Å². The number of benzene rings is 1. The maximum absolute atomic E-state index is 12.1. The number of hydrogen-bond donors (Lipinski definition) is 4. The minimum atomic E-state index is -0.560. The molecular weight excluding hydrogens is 388 g/mol. The molecule has 150 valence electrons. The van der Waals surface area contributed by atoms with Gasteiger partial charge in [0.1, 0.15) is 0 Å². The number of carbonyl (C=O) groups is 4. The van der Waals surface area contributed by atoms with Crippen LogP contribution in [0.15, 0.2) is 73.3 Å². The average Bonchev–Trinajstić information content (AvgIpc) is 2.81. The average molecular weight is 404 g/mol. The lowest BCUT2D eigenvalue weighted by atomic mass is 10.1. The SMILES string of the molecule is O=C(NNC(=O)c1ccc(C(=O)NNC(=O)c2ccncc2)cc1)c1ccncc1. The van der Waals surface area contributed by atoms with Gasteiger partial charge in [-0.05, 0) is 48.5 Å². The van der Waals surface area contributed by atoms with Crippen LogP contribution in [0.3, 0.4) is 0 Å². The summed E-state index contributed by atoms with van der Waals surface area (Å²) in [5.41, 5.74) is 10.3. The molecule has 0 atom stereocenters. The number of aromatic nitrogens is 2. The molecule has 0 bridgehead atoms. The number of carbonyl (C=O) groups excluding carboxylic acids is 4. The van der Waals surface area contributed by atoms with E-state index in [2.05, 4.69) is 31.7 Å². The van der Waals surface area contributed by atoms with E-state index in [0.29, 0.717) is 11.1 Å². The predicted molar refractivity (Wildman–Crippen MR) is 105 cm³/mol. The van der Waals surface area contributed by atoms with Crippen LogP contribution < -0.4 is 21.7 Å². The van der Waals surface area contributed by atoms with Gasteiger partial charge < -0.3 is 0 Å². The first kappa shape index (κ1) is 20.1. The van der Waals surface area contributed by atoms with Crippen LogP contribution in [0.2, 0.25) is 0 Å². The lowest BCUT2D eigenvalue weighted by Gasteiger charge is -2.09. The summed E-state index contributed by atoms with van der Waals surface area (Å²) < 4.78 is 0. The van der Waals surface area contributed by atoms with Gasteiger partial charge in [-0.2, -0.15) is 0 Å². The van der Waals surface area contributed by atoms with Gasteiger partial charge in [-0.1, -0.05) is 0 Å². The molecule has 3 rings (SSSR count). The van der Waals surface area contributed by atoms with Crippen LogP contribution in [-0.2, 0) is 0 Å². The summed E-state index contributed by atoms with van der Waals surface area (Å²) in [7, 11) is 0. The fraction of sp³-hybridized carbons (Fsp3) is 0. The molecule has 0 aliphatic heterocycles. The molecule has 4 N–H and O–H groups in total. The summed E-state index contributed by atoms with van der Waals surface area (Å²) in [6.07, 6.45) is 5.83. The zero-order chi connectivity index (χ0) is 21.3. The van der Waals surface area contributed by atoms with E-state index in [-0.39, 0.29) is 11.1 Å². The molecule has 2 aromatic heterocycles. The molecule has 1 aromatic carbocycles. The molecule has 0 unspecified atom stereocenters. The monoisotopic (exact) mass is 404 g/mol. The largest absolute Gasteiger partial charge is 0.269 e. The zero-order valence-corrected chi connectivity index (χ0v) is 15.5. The van der Waals surface area contributed by atoms with Gasteiger partial charge in [-0.3, -0.25) is 50.8 Å². The van der Waals surface area contributed by atoms with E-state index in [1.54, 1.807) is 0 Å². The first-order chi connectivity index (χ1) is 14.5. The van der Waals surface area contributed by atoms with Gasteiger partial charge in [0.15, 0.2) is 0 Å². The van der Waals surface area contributed by atoms with E-state index in [1.807, 2.05) is 0 Å². The van der Waals surface area contributed by atoms with Crippen molar-refractivity contribution in [2.24, 2.45) is 0 Å². The van der Waals surface area contributed by atoms with Gasteiger partial charge in [-0.15, -0.1) is 0 Å². The molecule has 0 spiro atoms. The van der Waals surface area contributed by atoms with E-state index >= 15 is 0 Å². The third-order valence-corrected chi connectivity index (χ3v) is 3.87. The van der Waals surface area contributed by atoms with Gasteiger partial charge >= 0.3 is 0 Å². The maximum atomic E-state index is 12.1. The highest BCUT2D eigenvalue weighted by atomic mass is 16.2. The van der Waals surface area contributed by atoms with Crippen LogP contribution in [0, 0.1) is 0 Å². The smallest absolute Gasteiger partial charge is 0.267 e. The number of nitrogens with zero attached hydrogens (tertiary/aromatic N) is 2. The molecule has 0 aliphatic carbocycles. The Morgan fingerprint density at radius 1 is 0.433 bits per heavy atom. The van der Waals surface area contributed by atoms with Crippen LogP contribution in [0.1, 0.15) is 41.4 Å². The number of amides is 4. The molecule has 0 saturated carbocycles. The summed E-state index contributed by atoms with van der Waals surface area (Å²) in [5.74, 6) is -2.11. The number of pyridine rings is 2. The Morgan fingerprint density at radius 2 is 0.667 bits per heavy atom. The van der Waals surface area contributed by atoms with Crippen molar-refractivity contribution in [3.63, 3.8) is 0 Å². The Morgan fingerprint density at radius 3 is 0.933 bits per heavy atom. The van der Waals surface area contributed by atoms with Crippen LogP contribution in [0.5, 0.6) is 0 Å². The third kappa shape index (κ3) is 5.23. The van der Waals surface area contributed by atoms with E-state index in [1.165, 1.54) is 73.3 Å². The topological polar surface area (TPSA) is 142 Å². The minimum absolute atomic E-state index is 0.224. The van der Waals surface area contributed by atoms with Crippen molar-refractivity contribution >= 4 is 23.6 Å². The molecular formula is C20H16N6O4. The number of nitrogens with one attached hydrogen (secondary N) is 4. The molecule has 4 amide bonds. The third-order valence-electron chi connectivity index (χ3n) is 3.87. The molecule has 0 saturated heterocycles. The molecule has 0 radical (unpaired) electrons. The van der Waals surface area contributed by atoms with Crippen molar-refractivity contribution < 1.29 is 19.2 Å². The Balaban J connectivity index is 1.51. The van der Waals surface area contributed by atoms with E-state index in [9.17, 15) is 19.2 Å². The standard InChI is InChI=1S/C20H16N6O4/c27-17(23-25-19(29)15-5-9-21-10-6-15)13-1-2-14(4-3-13)18(28)24-26-20(30)16-7-11-22-12-8-16/h1-12H,(H,23,27)(H,24,28)(H,25,29)(H,26,30). The van der Waals surface area contributed by atoms with Crippen molar-refractivity contribution in [3.8, 4) is 0 Å². The summed E-state index contributed by atoms with van der Waals surface area (Å²) in [6, 6.07) is 11.7. The van der Waals surface area contributed by atoms with Crippen molar-refractivity contribution in [2.75, 3.05) is 0 Å². The van der Waals surface area contributed by atoms with Crippen molar-refractivity contribution in [1.29, 1.82) is 0 Å². The van der Waals surface area contributed by atoms with Gasteiger partial charge in [0.05, 0.1) is 0 Å². The van der Waals surface area contributed by atoms with E-state index < -0.39 is 23.6 Å². The number of hydrazine groups is 2. The highest BCUT2D eigenvalue weighted by Crippen LogP contribution is 2.04. The van der Waals surface area contributed by atoms with Gasteiger partial charge in [0.25, 0.3) is 23.6 Å². The van der Waals surface area contributed by atoms with Crippen LogP contribution in [-0.4, -0.2) is 33.6 Å². The number of hydrogen-bond acceptors (Lipinski definition) is 6. The molecule has 3 aromatic rings. The molecule has 0 aliphatic rings. The lowest BCUT2D eigenvalue weighted by Crippen LogP contribution is -2.42. The quantitative estimate of drug-likeness (QED) is 0.470. The first-order valence-corrected chi connectivity index (χ1v) is 8.66. The fourth-order valence-corrected chi connectivity index (χ4v) is 2.30. The Kier molecular flexibility index (Phi) is 6.41. The molecule has 10 nitrogen and oxygen atoms in total. The Labute approximate surface area is 170 Å². The molecule has 10 heteroatoms. The molecule has 0 fully saturated rings. The second-order valence-electron chi connectivity index (χ2n) is 5.87. The highest BCUT2D eigenvalue weighted by molar-refractivity contribution is 6.01. The van der Waals surface area contributed by atoms with E-state index in [0.717, 1.165) is 0 Å². The lowest BCUT2D eigenvalue weighted by molar-refractivity contribution is 0.0844.